The fourth-order valence-electron chi connectivity index (χ4n) is 3.08. The molecule has 0 unspecified atom stereocenters. The van der Waals surface area contributed by atoms with Crippen molar-refractivity contribution in [2.24, 2.45) is 0 Å². The molecule has 0 aliphatic heterocycles. The number of ketones is 1. The van der Waals surface area contributed by atoms with Gasteiger partial charge in [0, 0.05) is 21.2 Å². The summed E-state index contributed by atoms with van der Waals surface area (Å²) in [6.45, 7) is 0. The van der Waals surface area contributed by atoms with E-state index in [2.05, 4.69) is 0 Å². The van der Waals surface area contributed by atoms with Crippen LogP contribution in [0.3, 0.4) is 0 Å². The zero-order valence-corrected chi connectivity index (χ0v) is 15.7. The summed E-state index contributed by atoms with van der Waals surface area (Å²) in [7, 11) is 0. The molecule has 0 heterocycles. The van der Waals surface area contributed by atoms with Gasteiger partial charge < -0.3 is 0 Å². The van der Waals surface area contributed by atoms with Crippen molar-refractivity contribution in [2.45, 2.75) is 37.5 Å². The number of hydrogen-bond acceptors (Lipinski definition) is 1. The molecule has 5 heteroatoms. The molecule has 2 aromatic rings. The first-order chi connectivity index (χ1) is 11.5. The average Bonchev–Trinajstić information content (AvgIpc) is 3.42. The lowest BCUT2D eigenvalue weighted by atomic mass is 9.97. The minimum atomic E-state index is -0.223. The summed E-state index contributed by atoms with van der Waals surface area (Å²) >= 11 is 25.5. The van der Waals surface area contributed by atoms with Crippen LogP contribution in [0.25, 0.3) is 0 Å². The van der Waals surface area contributed by atoms with Gasteiger partial charge in [0.1, 0.15) is 0 Å². The number of halogens is 4. The lowest BCUT2D eigenvalue weighted by molar-refractivity contribution is 0.103. The van der Waals surface area contributed by atoms with Crippen molar-refractivity contribution in [2.75, 3.05) is 0 Å². The van der Waals surface area contributed by atoms with E-state index in [1.54, 1.807) is 12.1 Å². The van der Waals surface area contributed by atoms with Gasteiger partial charge >= 0.3 is 0 Å². The molecule has 4 rings (SSSR count). The van der Waals surface area contributed by atoms with Crippen molar-refractivity contribution >= 4 is 52.2 Å². The summed E-state index contributed by atoms with van der Waals surface area (Å²) < 4.78 is 0. The van der Waals surface area contributed by atoms with Crippen LogP contribution in [0.4, 0.5) is 0 Å². The maximum atomic E-state index is 13.1. The molecule has 0 radical (unpaired) electrons. The van der Waals surface area contributed by atoms with E-state index < -0.39 is 0 Å². The van der Waals surface area contributed by atoms with Gasteiger partial charge in [0.2, 0.25) is 0 Å². The quantitative estimate of drug-likeness (QED) is 0.493. The van der Waals surface area contributed by atoms with Crippen molar-refractivity contribution in [1.82, 2.24) is 0 Å². The third-order valence-electron chi connectivity index (χ3n) is 4.65. The van der Waals surface area contributed by atoms with Crippen LogP contribution < -0.4 is 0 Å². The molecule has 0 atom stereocenters. The molecular formula is C19H14Cl4O. The van der Waals surface area contributed by atoms with Crippen LogP contribution in [0.1, 0.15) is 64.6 Å². The second kappa shape index (κ2) is 6.21. The van der Waals surface area contributed by atoms with E-state index in [0.29, 0.717) is 43.1 Å². The Labute approximate surface area is 160 Å². The normalized spacial score (nSPS) is 17.2. The standard InChI is InChI=1S/C19H14Cl4O/c20-11-5-13(9-1-2-9)17(22)15(7-11)19(24)16-8-12(21)6-14(18(16)23)10-3-4-10/h5-10H,1-4H2. The van der Waals surface area contributed by atoms with E-state index in [4.69, 9.17) is 46.4 Å². The summed E-state index contributed by atoms with van der Waals surface area (Å²) in [5.41, 5.74) is 2.70. The molecule has 2 aliphatic carbocycles. The first kappa shape index (κ1) is 16.7. The van der Waals surface area contributed by atoms with Gasteiger partial charge in [0.25, 0.3) is 0 Å². The van der Waals surface area contributed by atoms with Crippen LogP contribution in [0.5, 0.6) is 0 Å². The molecule has 0 N–H and O–H groups in total. The molecule has 24 heavy (non-hydrogen) atoms. The van der Waals surface area contributed by atoms with E-state index in [0.717, 1.165) is 36.8 Å². The van der Waals surface area contributed by atoms with Crippen LogP contribution in [-0.4, -0.2) is 5.78 Å². The highest BCUT2D eigenvalue weighted by molar-refractivity contribution is 6.41. The van der Waals surface area contributed by atoms with Crippen LogP contribution >= 0.6 is 46.4 Å². The largest absolute Gasteiger partial charge is 0.288 e. The summed E-state index contributed by atoms with van der Waals surface area (Å²) in [5.74, 6) is 0.581. The number of carbonyl (C=O) groups excluding carboxylic acids is 1. The van der Waals surface area contributed by atoms with Crippen molar-refractivity contribution in [1.29, 1.82) is 0 Å². The molecule has 1 nitrogen and oxygen atoms in total. The van der Waals surface area contributed by atoms with Gasteiger partial charge in [0.05, 0.1) is 10.0 Å². The van der Waals surface area contributed by atoms with Crippen molar-refractivity contribution in [3.8, 4) is 0 Å². The second-order valence-electron chi connectivity index (χ2n) is 6.59. The first-order valence-electron chi connectivity index (χ1n) is 7.98. The van der Waals surface area contributed by atoms with E-state index in [9.17, 15) is 4.79 Å². The predicted molar refractivity (Wildman–Crippen MR) is 100 cm³/mol. The Kier molecular flexibility index (Phi) is 4.33. The van der Waals surface area contributed by atoms with Crippen LogP contribution in [0.15, 0.2) is 24.3 Å². The molecular weight excluding hydrogens is 386 g/mol. The van der Waals surface area contributed by atoms with Gasteiger partial charge in [-0.1, -0.05) is 46.4 Å². The van der Waals surface area contributed by atoms with Crippen LogP contribution in [0.2, 0.25) is 20.1 Å². The SMILES string of the molecule is O=C(c1cc(Cl)cc(C2CC2)c1Cl)c1cc(Cl)cc(C2CC2)c1Cl. The highest BCUT2D eigenvalue weighted by Gasteiger charge is 2.31. The lowest BCUT2D eigenvalue weighted by Crippen LogP contribution is -2.06. The number of benzene rings is 2. The lowest BCUT2D eigenvalue weighted by Gasteiger charge is -2.13. The smallest absolute Gasteiger partial charge is 0.196 e. The van der Waals surface area contributed by atoms with Gasteiger partial charge in [-0.15, -0.1) is 0 Å². The highest BCUT2D eigenvalue weighted by Crippen LogP contribution is 2.47. The van der Waals surface area contributed by atoms with Gasteiger partial charge in [0.15, 0.2) is 5.78 Å². The van der Waals surface area contributed by atoms with Gasteiger partial charge in [-0.3, -0.25) is 4.79 Å². The Bertz CT molecular complexity index is 781. The first-order valence-corrected chi connectivity index (χ1v) is 9.49. The Hall–Kier alpha value is -0.730. The molecule has 0 aromatic heterocycles. The zero-order chi connectivity index (χ0) is 17.0. The fourth-order valence-corrected chi connectivity index (χ4v) is 4.23. The van der Waals surface area contributed by atoms with Crippen LogP contribution in [-0.2, 0) is 0 Å². The van der Waals surface area contributed by atoms with Gasteiger partial charge in [-0.05, 0) is 72.9 Å². The minimum Gasteiger partial charge on any atom is -0.288 e. The molecule has 2 saturated carbocycles. The Morgan fingerprint density at radius 1 is 0.708 bits per heavy atom. The number of hydrogen-bond donors (Lipinski definition) is 0. The Morgan fingerprint density at radius 2 is 1.08 bits per heavy atom. The van der Waals surface area contributed by atoms with Gasteiger partial charge in [-0.25, -0.2) is 0 Å². The molecule has 2 aromatic carbocycles. The average molecular weight is 400 g/mol. The minimum absolute atomic E-state index is 0.223. The van der Waals surface area contributed by atoms with E-state index in [-0.39, 0.29) is 5.78 Å². The number of carbonyl (C=O) groups is 1. The Balaban J connectivity index is 1.82. The van der Waals surface area contributed by atoms with E-state index >= 15 is 0 Å². The maximum Gasteiger partial charge on any atom is 0.196 e. The second-order valence-corrected chi connectivity index (χ2v) is 8.22. The topological polar surface area (TPSA) is 17.1 Å². The molecule has 2 fully saturated rings. The highest BCUT2D eigenvalue weighted by atomic mass is 35.5. The van der Waals surface area contributed by atoms with Crippen molar-refractivity contribution in [3.05, 3.63) is 66.6 Å². The molecule has 124 valence electrons. The number of rotatable bonds is 4. The third-order valence-corrected chi connectivity index (χ3v) is 5.93. The molecule has 0 saturated heterocycles. The maximum absolute atomic E-state index is 13.1. The molecule has 0 spiro atoms. The molecule has 2 aliphatic rings. The molecule has 0 amide bonds. The third kappa shape index (κ3) is 3.08. The molecule has 0 bridgehead atoms. The van der Waals surface area contributed by atoms with Crippen molar-refractivity contribution < 1.29 is 4.79 Å². The van der Waals surface area contributed by atoms with E-state index in [1.807, 2.05) is 12.1 Å². The summed E-state index contributed by atoms with van der Waals surface area (Å²) in [5, 5.41) is 2.00. The van der Waals surface area contributed by atoms with Crippen molar-refractivity contribution in [3.63, 3.8) is 0 Å². The summed E-state index contributed by atoms with van der Waals surface area (Å²) in [6, 6.07) is 6.94. The zero-order valence-electron chi connectivity index (χ0n) is 12.7. The van der Waals surface area contributed by atoms with E-state index in [1.165, 1.54) is 0 Å². The summed E-state index contributed by atoms with van der Waals surface area (Å²) in [6.07, 6.45) is 4.32. The predicted octanol–water partition coefficient (Wildman–Crippen LogP) is 7.29. The fraction of sp³-hybridized carbons (Fsp3) is 0.316. The monoisotopic (exact) mass is 398 g/mol. The van der Waals surface area contributed by atoms with Crippen LogP contribution in [0, 0.1) is 0 Å². The van der Waals surface area contributed by atoms with Gasteiger partial charge in [-0.2, -0.15) is 0 Å². The Morgan fingerprint density at radius 3 is 1.42 bits per heavy atom. The summed E-state index contributed by atoms with van der Waals surface area (Å²) in [4.78, 5) is 13.1.